The van der Waals surface area contributed by atoms with Crippen LogP contribution in [0.25, 0.3) is 22.9 Å². The Morgan fingerprint density at radius 1 is 1.14 bits per heavy atom. The zero-order valence-corrected chi connectivity index (χ0v) is 21.1. The van der Waals surface area contributed by atoms with Crippen molar-refractivity contribution in [1.82, 2.24) is 20.2 Å². The summed E-state index contributed by atoms with van der Waals surface area (Å²) < 4.78 is 0. The first-order valence-corrected chi connectivity index (χ1v) is 12.1. The number of fused-ring (bicyclic) bond motifs is 1. The van der Waals surface area contributed by atoms with Crippen LogP contribution in [0, 0.1) is 20.8 Å². The van der Waals surface area contributed by atoms with E-state index in [2.05, 4.69) is 39.3 Å². The number of H-pyrrole nitrogens is 1. The molecule has 3 N–H and O–H groups in total. The number of amides is 2. The summed E-state index contributed by atoms with van der Waals surface area (Å²) in [4.78, 5) is 35.9. The standard InChI is InChI=1S/C28H33N5O2/c1-6-33(7-2)14-13-30-28(35)25-18(4)24(31-19(25)5)16-22-21-15-20(10-11-23(21)32-27(22)34)26-17(3)9-8-12-29-26/h8-12,15-16,31H,6-7,13-14H2,1-5H3,(H,30,35)(H,32,34)/b22-16-. The average Bonchev–Trinajstić information content (AvgIpc) is 3.31. The van der Waals surface area contributed by atoms with Crippen molar-refractivity contribution in [2.75, 3.05) is 31.5 Å². The molecule has 0 unspecified atom stereocenters. The highest BCUT2D eigenvalue weighted by Gasteiger charge is 2.26. The van der Waals surface area contributed by atoms with Gasteiger partial charge in [-0.25, -0.2) is 0 Å². The molecular formula is C28H33N5O2. The van der Waals surface area contributed by atoms with E-state index in [1.165, 1.54) is 0 Å². The lowest BCUT2D eigenvalue weighted by Gasteiger charge is -2.18. The minimum Gasteiger partial charge on any atom is -0.358 e. The normalized spacial score (nSPS) is 13.9. The number of nitrogens with one attached hydrogen (secondary N) is 3. The SMILES string of the molecule is CCN(CC)CCNC(=O)c1c(C)[nH]c(/C=C2\C(=O)Nc3ccc(-c4ncccc4C)cc32)c1C. The van der Waals surface area contributed by atoms with Gasteiger partial charge in [0.05, 0.1) is 16.8 Å². The Balaban J connectivity index is 1.63. The van der Waals surface area contributed by atoms with Crippen molar-refractivity contribution in [2.45, 2.75) is 34.6 Å². The highest BCUT2D eigenvalue weighted by molar-refractivity contribution is 6.35. The average molecular weight is 472 g/mol. The van der Waals surface area contributed by atoms with Crippen LogP contribution in [0.1, 0.15) is 52.3 Å². The number of benzene rings is 1. The Morgan fingerprint density at radius 3 is 2.63 bits per heavy atom. The number of carbonyl (C=O) groups is 2. The predicted octanol–water partition coefficient (Wildman–Crippen LogP) is 4.57. The first-order chi connectivity index (χ1) is 16.8. The van der Waals surface area contributed by atoms with Gasteiger partial charge >= 0.3 is 0 Å². The minimum absolute atomic E-state index is 0.0998. The van der Waals surface area contributed by atoms with Gasteiger partial charge in [0, 0.05) is 47.5 Å². The van der Waals surface area contributed by atoms with Crippen LogP contribution < -0.4 is 10.6 Å². The Morgan fingerprint density at radius 2 is 1.91 bits per heavy atom. The number of rotatable bonds is 8. The molecule has 0 radical (unpaired) electrons. The van der Waals surface area contributed by atoms with E-state index >= 15 is 0 Å². The molecule has 3 heterocycles. The highest BCUT2D eigenvalue weighted by atomic mass is 16.2. The van der Waals surface area contributed by atoms with E-state index in [0.29, 0.717) is 17.7 Å². The third kappa shape index (κ3) is 4.91. The van der Waals surface area contributed by atoms with E-state index in [9.17, 15) is 9.59 Å². The third-order valence-corrected chi connectivity index (χ3v) is 6.69. The fraction of sp³-hybridized carbons (Fsp3) is 0.321. The van der Waals surface area contributed by atoms with Gasteiger partial charge in [-0.3, -0.25) is 14.6 Å². The quantitative estimate of drug-likeness (QED) is 0.420. The number of aromatic amines is 1. The molecule has 182 valence electrons. The molecule has 4 rings (SSSR count). The van der Waals surface area contributed by atoms with Crippen LogP contribution in [-0.2, 0) is 4.79 Å². The van der Waals surface area contributed by atoms with Crippen LogP contribution in [0.3, 0.4) is 0 Å². The van der Waals surface area contributed by atoms with Gasteiger partial charge in [-0.05, 0) is 69.3 Å². The van der Waals surface area contributed by atoms with E-state index in [4.69, 9.17) is 0 Å². The fourth-order valence-corrected chi connectivity index (χ4v) is 4.63. The number of nitrogens with zero attached hydrogens (tertiary/aromatic N) is 2. The van der Waals surface area contributed by atoms with Crippen molar-refractivity contribution in [3.05, 3.63) is 70.2 Å². The largest absolute Gasteiger partial charge is 0.358 e. The second-order valence-electron chi connectivity index (χ2n) is 8.89. The summed E-state index contributed by atoms with van der Waals surface area (Å²) in [5.74, 6) is -0.260. The minimum atomic E-state index is -0.160. The molecule has 0 atom stereocenters. The van der Waals surface area contributed by atoms with Crippen molar-refractivity contribution >= 4 is 29.2 Å². The monoisotopic (exact) mass is 471 g/mol. The van der Waals surface area contributed by atoms with Gasteiger partial charge in [-0.1, -0.05) is 26.0 Å². The van der Waals surface area contributed by atoms with Crippen LogP contribution >= 0.6 is 0 Å². The molecule has 1 aliphatic heterocycles. The second-order valence-corrected chi connectivity index (χ2v) is 8.89. The molecule has 7 nitrogen and oxygen atoms in total. The zero-order chi connectivity index (χ0) is 25.1. The van der Waals surface area contributed by atoms with Crippen LogP contribution in [0.2, 0.25) is 0 Å². The molecule has 2 aromatic heterocycles. The second kappa shape index (κ2) is 10.3. The lowest BCUT2D eigenvalue weighted by atomic mass is 9.99. The van der Waals surface area contributed by atoms with Crippen molar-refractivity contribution in [3.8, 4) is 11.3 Å². The molecule has 0 fully saturated rings. The van der Waals surface area contributed by atoms with Gasteiger partial charge < -0.3 is 20.5 Å². The molecule has 1 aliphatic rings. The molecule has 35 heavy (non-hydrogen) atoms. The molecule has 7 heteroatoms. The summed E-state index contributed by atoms with van der Waals surface area (Å²) in [7, 11) is 0. The first-order valence-electron chi connectivity index (χ1n) is 12.1. The van der Waals surface area contributed by atoms with Crippen LogP contribution in [0.15, 0.2) is 36.5 Å². The summed E-state index contributed by atoms with van der Waals surface area (Å²) in [6.07, 6.45) is 3.61. The molecule has 0 saturated heterocycles. The number of hydrogen-bond donors (Lipinski definition) is 3. The number of anilines is 1. The first kappa shape index (κ1) is 24.4. The smallest absolute Gasteiger partial charge is 0.256 e. The molecule has 0 spiro atoms. The van der Waals surface area contributed by atoms with E-state index in [0.717, 1.165) is 64.7 Å². The van der Waals surface area contributed by atoms with Crippen molar-refractivity contribution in [1.29, 1.82) is 0 Å². The molecular weight excluding hydrogens is 438 g/mol. The predicted molar refractivity (Wildman–Crippen MR) is 141 cm³/mol. The summed E-state index contributed by atoms with van der Waals surface area (Å²) >= 11 is 0. The van der Waals surface area contributed by atoms with Crippen molar-refractivity contribution in [3.63, 3.8) is 0 Å². The summed E-state index contributed by atoms with van der Waals surface area (Å²) in [5.41, 5.74) is 8.09. The highest BCUT2D eigenvalue weighted by Crippen LogP contribution is 2.37. The van der Waals surface area contributed by atoms with Gasteiger partial charge in [0.15, 0.2) is 0 Å². The lowest BCUT2D eigenvalue weighted by molar-refractivity contribution is -0.110. The molecule has 3 aromatic rings. The number of carbonyl (C=O) groups excluding carboxylic acids is 2. The molecule has 2 amide bonds. The number of aromatic nitrogens is 2. The maximum absolute atomic E-state index is 12.9. The molecule has 1 aromatic carbocycles. The maximum Gasteiger partial charge on any atom is 0.256 e. The number of aryl methyl sites for hydroxylation is 2. The zero-order valence-electron chi connectivity index (χ0n) is 21.1. The van der Waals surface area contributed by atoms with Gasteiger partial charge in [0.1, 0.15) is 0 Å². The fourth-order valence-electron chi connectivity index (χ4n) is 4.63. The van der Waals surface area contributed by atoms with Gasteiger partial charge in [-0.15, -0.1) is 0 Å². The maximum atomic E-state index is 12.9. The third-order valence-electron chi connectivity index (χ3n) is 6.69. The number of likely N-dealkylation sites (N-methyl/N-ethyl adjacent to an activating group) is 1. The Bertz CT molecular complexity index is 1300. The Hall–Kier alpha value is -3.71. The van der Waals surface area contributed by atoms with Gasteiger partial charge in [0.25, 0.3) is 11.8 Å². The van der Waals surface area contributed by atoms with Crippen LogP contribution in [0.4, 0.5) is 5.69 Å². The van der Waals surface area contributed by atoms with E-state index in [-0.39, 0.29) is 11.8 Å². The van der Waals surface area contributed by atoms with Crippen LogP contribution in [-0.4, -0.2) is 52.9 Å². The lowest BCUT2D eigenvalue weighted by Crippen LogP contribution is -2.35. The molecule has 0 aliphatic carbocycles. The Labute approximate surface area is 206 Å². The number of pyridine rings is 1. The van der Waals surface area contributed by atoms with Crippen molar-refractivity contribution in [2.24, 2.45) is 0 Å². The van der Waals surface area contributed by atoms with E-state index in [1.54, 1.807) is 6.20 Å². The van der Waals surface area contributed by atoms with Gasteiger partial charge in [-0.2, -0.15) is 0 Å². The Kier molecular flexibility index (Phi) is 7.17. The van der Waals surface area contributed by atoms with Gasteiger partial charge in [0.2, 0.25) is 0 Å². The van der Waals surface area contributed by atoms with E-state index in [1.807, 2.05) is 57.2 Å². The summed E-state index contributed by atoms with van der Waals surface area (Å²) in [6.45, 7) is 13.4. The van der Waals surface area contributed by atoms with Crippen molar-refractivity contribution < 1.29 is 9.59 Å². The molecule has 0 bridgehead atoms. The summed E-state index contributed by atoms with van der Waals surface area (Å²) in [5, 5.41) is 5.98. The number of hydrogen-bond acceptors (Lipinski definition) is 4. The summed E-state index contributed by atoms with van der Waals surface area (Å²) in [6, 6.07) is 9.83. The van der Waals surface area contributed by atoms with E-state index < -0.39 is 0 Å². The topological polar surface area (TPSA) is 90.1 Å². The van der Waals surface area contributed by atoms with Crippen LogP contribution in [0.5, 0.6) is 0 Å². The molecule has 0 saturated carbocycles.